The van der Waals surface area contributed by atoms with Crippen LogP contribution in [-0.2, 0) is 16.8 Å². The maximum atomic E-state index is 11.5. The van der Waals surface area contributed by atoms with Crippen molar-refractivity contribution in [2.24, 2.45) is 0 Å². The maximum Gasteiger partial charge on any atom is 0.277 e. The minimum Gasteiger partial charge on any atom is -0.384 e. The summed E-state index contributed by atoms with van der Waals surface area (Å²) in [7, 11) is -3.46. The van der Waals surface area contributed by atoms with E-state index in [1.807, 2.05) is 6.07 Å². The van der Waals surface area contributed by atoms with Gasteiger partial charge in [0, 0.05) is 17.5 Å². The van der Waals surface area contributed by atoms with Crippen LogP contribution in [0, 0.1) is 11.8 Å². The average molecular weight is 288 g/mol. The molecule has 0 atom stereocenters. The molecule has 0 saturated heterocycles. The molecule has 0 aromatic carbocycles. The Morgan fingerprint density at radius 2 is 2.17 bits per heavy atom. The highest BCUT2D eigenvalue weighted by Crippen LogP contribution is 2.15. The van der Waals surface area contributed by atoms with E-state index in [0.29, 0.717) is 0 Å². The molecule has 0 aliphatic carbocycles. The van der Waals surface area contributed by atoms with Gasteiger partial charge in [-0.25, -0.2) is 0 Å². The van der Waals surface area contributed by atoms with Gasteiger partial charge in [-0.05, 0) is 26.0 Å². The average Bonchev–Trinajstić information content (AvgIpc) is 2.70. The van der Waals surface area contributed by atoms with Crippen LogP contribution in [0.5, 0.6) is 0 Å². The summed E-state index contributed by atoms with van der Waals surface area (Å²) in [6, 6.07) is 3.47. The molecule has 0 amide bonds. The SMILES string of the molecule is CC(C)NS(=O)(=O)NCc1ccc(C#CCO)s1. The van der Waals surface area contributed by atoms with Crippen LogP contribution in [0.25, 0.3) is 0 Å². The summed E-state index contributed by atoms with van der Waals surface area (Å²) < 4.78 is 27.9. The molecule has 0 saturated carbocycles. The second-order valence-electron chi connectivity index (χ2n) is 3.82. The van der Waals surface area contributed by atoms with E-state index in [1.165, 1.54) is 11.3 Å². The lowest BCUT2D eigenvalue weighted by Crippen LogP contribution is -2.39. The molecule has 3 N–H and O–H groups in total. The molecule has 7 heteroatoms. The van der Waals surface area contributed by atoms with Gasteiger partial charge in [0.15, 0.2) is 0 Å². The number of thiophene rings is 1. The van der Waals surface area contributed by atoms with Crippen LogP contribution in [0.3, 0.4) is 0 Å². The zero-order valence-electron chi connectivity index (χ0n) is 10.2. The zero-order chi connectivity index (χ0) is 13.6. The van der Waals surface area contributed by atoms with Gasteiger partial charge < -0.3 is 5.11 Å². The molecule has 1 heterocycles. The van der Waals surface area contributed by atoms with Crippen molar-refractivity contribution in [1.29, 1.82) is 0 Å². The van der Waals surface area contributed by atoms with Gasteiger partial charge in [-0.2, -0.15) is 17.9 Å². The van der Waals surface area contributed by atoms with E-state index >= 15 is 0 Å². The third kappa shape index (κ3) is 5.62. The predicted molar refractivity (Wildman–Crippen MR) is 72.3 cm³/mol. The molecular formula is C11H16N2O3S2. The monoisotopic (exact) mass is 288 g/mol. The van der Waals surface area contributed by atoms with Crippen molar-refractivity contribution in [2.45, 2.75) is 26.4 Å². The smallest absolute Gasteiger partial charge is 0.277 e. The summed E-state index contributed by atoms with van der Waals surface area (Å²) in [4.78, 5) is 1.67. The molecule has 1 aromatic rings. The van der Waals surface area contributed by atoms with Crippen molar-refractivity contribution < 1.29 is 13.5 Å². The molecule has 100 valence electrons. The summed E-state index contributed by atoms with van der Waals surface area (Å²) in [5.41, 5.74) is 0. The van der Waals surface area contributed by atoms with Gasteiger partial charge in [-0.3, -0.25) is 0 Å². The minimum atomic E-state index is -3.46. The van der Waals surface area contributed by atoms with Crippen LogP contribution < -0.4 is 9.44 Å². The molecular weight excluding hydrogens is 272 g/mol. The Bertz CT molecular complexity index is 538. The fourth-order valence-corrected chi connectivity index (χ4v) is 3.15. The van der Waals surface area contributed by atoms with E-state index in [4.69, 9.17) is 5.11 Å². The maximum absolute atomic E-state index is 11.5. The molecule has 0 bridgehead atoms. The first-order valence-corrected chi connectivity index (χ1v) is 7.68. The summed E-state index contributed by atoms with van der Waals surface area (Å²) in [6.45, 7) is 3.56. The van der Waals surface area contributed by atoms with Crippen LogP contribution in [0.4, 0.5) is 0 Å². The van der Waals surface area contributed by atoms with Gasteiger partial charge in [-0.1, -0.05) is 11.8 Å². The fourth-order valence-electron chi connectivity index (χ4n) is 1.18. The van der Waals surface area contributed by atoms with Crippen LogP contribution in [0.1, 0.15) is 23.6 Å². The lowest BCUT2D eigenvalue weighted by atomic mass is 10.4. The van der Waals surface area contributed by atoms with Gasteiger partial charge in [-0.15, -0.1) is 11.3 Å². The summed E-state index contributed by atoms with van der Waals surface area (Å²) in [5.74, 6) is 5.31. The van der Waals surface area contributed by atoms with E-state index in [1.54, 1.807) is 19.9 Å². The van der Waals surface area contributed by atoms with E-state index in [-0.39, 0.29) is 19.2 Å². The van der Waals surface area contributed by atoms with Gasteiger partial charge >= 0.3 is 0 Å². The van der Waals surface area contributed by atoms with Crippen molar-refractivity contribution >= 4 is 21.5 Å². The second-order valence-corrected chi connectivity index (χ2v) is 6.52. The lowest BCUT2D eigenvalue weighted by Gasteiger charge is -2.09. The van der Waals surface area contributed by atoms with Gasteiger partial charge in [0.05, 0.1) is 4.88 Å². The van der Waals surface area contributed by atoms with E-state index < -0.39 is 10.2 Å². The summed E-state index contributed by atoms with van der Waals surface area (Å²) in [6.07, 6.45) is 0. The first kappa shape index (κ1) is 15.1. The quantitative estimate of drug-likeness (QED) is 0.687. The topological polar surface area (TPSA) is 78.4 Å². The molecule has 18 heavy (non-hydrogen) atoms. The molecule has 0 aliphatic rings. The fraction of sp³-hybridized carbons (Fsp3) is 0.455. The number of nitrogens with one attached hydrogen (secondary N) is 2. The highest BCUT2D eigenvalue weighted by atomic mass is 32.2. The van der Waals surface area contributed by atoms with Crippen molar-refractivity contribution in [3.8, 4) is 11.8 Å². The predicted octanol–water partition coefficient (Wildman–Crippen LogP) is 0.424. The largest absolute Gasteiger partial charge is 0.384 e. The van der Waals surface area contributed by atoms with Crippen molar-refractivity contribution in [1.82, 2.24) is 9.44 Å². The molecule has 0 aliphatic heterocycles. The second kappa shape index (κ2) is 6.87. The number of hydrogen-bond acceptors (Lipinski definition) is 4. The first-order chi connectivity index (χ1) is 8.43. The zero-order valence-corrected chi connectivity index (χ0v) is 11.9. The Morgan fingerprint density at radius 3 is 2.78 bits per heavy atom. The first-order valence-electron chi connectivity index (χ1n) is 5.38. The highest BCUT2D eigenvalue weighted by Gasteiger charge is 2.11. The Hall–Kier alpha value is -0.910. The van der Waals surface area contributed by atoms with Crippen molar-refractivity contribution in [3.63, 3.8) is 0 Å². The Balaban J connectivity index is 2.56. The molecule has 0 fully saturated rings. The highest BCUT2D eigenvalue weighted by molar-refractivity contribution is 7.87. The van der Waals surface area contributed by atoms with E-state index in [9.17, 15) is 8.42 Å². The third-order valence-corrected chi connectivity index (χ3v) is 4.09. The minimum absolute atomic E-state index is 0.142. The standard InChI is InChI=1S/C11H16N2O3S2/c1-9(2)13-18(15,16)12-8-11-6-5-10(17-11)4-3-7-14/h5-6,9,12-14H,7-8H2,1-2H3. The van der Waals surface area contributed by atoms with Gasteiger partial charge in [0.25, 0.3) is 10.2 Å². The van der Waals surface area contributed by atoms with Crippen LogP contribution in [0.15, 0.2) is 12.1 Å². The molecule has 1 aromatic heterocycles. The number of aliphatic hydroxyl groups excluding tert-OH is 1. The molecule has 1 rings (SSSR count). The Labute approximate surface area is 111 Å². The molecule has 0 unspecified atom stereocenters. The Morgan fingerprint density at radius 1 is 1.44 bits per heavy atom. The number of rotatable bonds is 5. The van der Waals surface area contributed by atoms with Crippen molar-refractivity contribution in [3.05, 3.63) is 21.9 Å². The van der Waals surface area contributed by atoms with Gasteiger partial charge in [0.1, 0.15) is 6.61 Å². The number of hydrogen-bond donors (Lipinski definition) is 3. The van der Waals surface area contributed by atoms with Crippen LogP contribution in [-0.4, -0.2) is 26.2 Å². The summed E-state index contributed by atoms with van der Waals surface area (Å²) >= 11 is 1.39. The molecule has 0 radical (unpaired) electrons. The molecule has 5 nitrogen and oxygen atoms in total. The van der Waals surface area contributed by atoms with Crippen molar-refractivity contribution in [2.75, 3.05) is 6.61 Å². The molecule has 0 spiro atoms. The lowest BCUT2D eigenvalue weighted by molar-refractivity contribution is 0.350. The van der Waals surface area contributed by atoms with E-state index in [0.717, 1.165) is 9.75 Å². The third-order valence-electron chi connectivity index (χ3n) is 1.78. The van der Waals surface area contributed by atoms with Crippen LogP contribution >= 0.6 is 11.3 Å². The number of aliphatic hydroxyl groups is 1. The van der Waals surface area contributed by atoms with Crippen LogP contribution in [0.2, 0.25) is 0 Å². The van der Waals surface area contributed by atoms with Gasteiger partial charge in [0.2, 0.25) is 0 Å². The van der Waals surface area contributed by atoms with E-state index in [2.05, 4.69) is 21.3 Å². The summed E-state index contributed by atoms with van der Waals surface area (Å²) in [5, 5.41) is 8.56. The normalized spacial score (nSPS) is 11.3. The Kier molecular flexibility index (Phi) is 5.78.